The van der Waals surface area contributed by atoms with E-state index in [0.717, 1.165) is 19.5 Å². The molecule has 0 heterocycles. The van der Waals surface area contributed by atoms with Crippen molar-refractivity contribution in [2.45, 2.75) is 20.3 Å². The SMILES string of the molecule is Cc1ccc(C)c(BSCCCN)c1. The van der Waals surface area contributed by atoms with Crippen molar-refractivity contribution in [2.75, 3.05) is 12.3 Å². The van der Waals surface area contributed by atoms with E-state index in [4.69, 9.17) is 5.73 Å². The van der Waals surface area contributed by atoms with Gasteiger partial charge in [-0.1, -0.05) is 34.8 Å². The van der Waals surface area contributed by atoms with Crippen molar-refractivity contribution in [1.82, 2.24) is 0 Å². The first kappa shape index (κ1) is 11.7. The smallest absolute Gasteiger partial charge is 0.224 e. The zero-order chi connectivity index (χ0) is 10.4. The molecule has 0 aliphatic rings. The first-order valence-corrected chi connectivity index (χ1v) is 6.23. The van der Waals surface area contributed by atoms with Crippen molar-refractivity contribution in [3.8, 4) is 0 Å². The Labute approximate surface area is 91.6 Å². The normalized spacial score (nSPS) is 10.2. The molecule has 76 valence electrons. The molecule has 1 aromatic carbocycles. The lowest BCUT2D eigenvalue weighted by atomic mass is 9.88. The molecule has 0 aliphatic carbocycles. The minimum absolute atomic E-state index is 0.805. The Balaban J connectivity index is 2.45. The lowest BCUT2D eigenvalue weighted by Gasteiger charge is -2.05. The van der Waals surface area contributed by atoms with Crippen LogP contribution >= 0.6 is 11.6 Å². The molecule has 0 spiro atoms. The molecule has 1 nitrogen and oxygen atoms in total. The number of hydrogen-bond acceptors (Lipinski definition) is 2. The van der Waals surface area contributed by atoms with Gasteiger partial charge in [0.15, 0.2) is 0 Å². The van der Waals surface area contributed by atoms with E-state index in [2.05, 4.69) is 32.0 Å². The maximum absolute atomic E-state index is 5.45. The van der Waals surface area contributed by atoms with Gasteiger partial charge in [-0.3, -0.25) is 0 Å². The summed E-state index contributed by atoms with van der Waals surface area (Å²) < 4.78 is 0. The van der Waals surface area contributed by atoms with Crippen LogP contribution in [0.5, 0.6) is 0 Å². The van der Waals surface area contributed by atoms with E-state index in [1.807, 2.05) is 11.6 Å². The summed E-state index contributed by atoms with van der Waals surface area (Å²) in [4.78, 5) is 0. The molecular formula is C11H18BNS. The van der Waals surface area contributed by atoms with Gasteiger partial charge in [-0.2, -0.15) is 0 Å². The van der Waals surface area contributed by atoms with E-state index in [1.54, 1.807) is 0 Å². The highest BCUT2D eigenvalue weighted by Gasteiger charge is 2.00. The van der Waals surface area contributed by atoms with Crippen LogP contribution in [0.25, 0.3) is 0 Å². The van der Waals surface area contributed by atoms with E-state index in [0.29, 0.717) is 0 Å². The highest BCUT2D eigenvalue weighted by Crippen LogP contribution is 2.04. The summed E-state index contributed by atoms with van der Waals surface area (Å²) in [6, 6.07) is 6.66. The molecule has 0 saturated carbocycles. The van der Waals surface area contributed by atoms with Crippen molar-refractivity contribution in [3.63, 3.8) is 0 Å². The molecule has 3 heteroatoms. The molecule has 0 fully saturated rings. The topological polar surface area (TPSA) is 26.0 Å². The van der Waals surface area contributed by atoms with E-state index in [9.17, 15) is 0 Å². The molecular weight excluding hydrogens is 189 g/mol. The van der Waals surface area contributed by atoms with Crippen LogP contribution in [0.1, 0.15) is 17.5 Å². The second kappa shape index (κ2) is 6.15. The van der Waals surface area contributed by atoms with Crippen LogP contribution in [-0.4, -0.2) is 18.9 Å². The molecule has 0 atom stereocenters. The van der Waals surface area contributed by atoms with Gasteiger partial charge in [-0.05, 0) is 32.6 Å². The van der Waals surface area contributed by atoms with E-state index in [-0.39, 0.29) is 0 Å². The average Bonchev–Trinajstić information content (AvgIpc) is 2.18. The van der Waals surface area contributed by atoms with Crippen LogP contribution in [0, 0.1) is 13.8 Å². The first-order chi connectivity index (χ1) is 6.74. The fourth-order valence-electron chi connectivity index (χ4n) is 1.32. The summed E-state index contributed by atoms with van der Waals surface area (Å²) in [5.41, 5.74) is 9.66. The first-order valence-electron chi connectivity index (χ1n) is 5.08. The van der Waals surface area contributed by atoms with Crippen molar-refractivity contribution < 1.29 is 0 Å². The van der Waals surface area contributed by atoms with E-state index >= 15 is 0 Å². The van der Waals surface area contributed by atoms with Crippen LogP contribution in [0.15, 0.2) is 18.2 Å². The Bertz CT molecular complexity index is 289. The molecule has 0 radical (unpaired) electrons. The van der Waals surface area contributed by atoms with Gasteiger partial charge in [-0.15, -0.1) is 0 Å². The summed E-state index contributed by atoms with van der Waals surface area (Å²) in [6.45, 7) is 6.25. The van der Waals surface area contributed by atoms with Crippen LogP contribution in [0.4, 0.5) is 0 Å². The monoisotopic (exact) mass is 207 g/mol. The van der Waals surface area contributed by atoms with Crippen LogP contribution in [-0.2, 0) is 0 Å². The average molecular weight is 207 g/mol. The highest BCUT2D eigenvalue weighted by atomic mass is 32.2. The Hall–Kier alpha value is -0.405. The third-order valence-electron chi connectivity index (χ3n) is 2.25. The zero-order valence-electron chi connectivity index (χ0n) is 9.05. The molecule has 2 N–H and O–H groups in total. The van der Waals surface area contributed by atoms with Gasteiger partial charge in [0, 0.05) is 0 Å². The molecule has 0 unspecified atom stereocenters. The van der Waals surface area contributed by atoms with Gasteiger partial charge in [0.05, 0.1) is 0 Å². The number of rotatable bonds is 5. The molecule has 0 amide bonds. The predicted molar refractivity (Wildman–Crippen MR) is 68.8 cm³/mol. The largest absolute Gasteiger partial charge is 0.330 e. The van der Waals surface area contributed by atoms with Gasteiger partial charge in [0.2, 0.25) is 6.56 Å². The summed E-state index contributed by atoms with van der Waals surface area (Å²) >= 11 is 1.97. The number of aryl methyl sites for hydroxylation is 2. The lowest BCUT2D eigenvalue weighted by molar-refractivity contribution is 0.945. The fourth-order valence-corrected chi connectivity index (χ4v) is 2.37. The molecule has 0 saturated heterocycles. The van der Waals surface area contributed by atoms with Gasteiger partial charge in [0.1, 0.15) is 0 Å². The van der Waals surface area contributed by atoms with Crippen LogP contribution in [0.3, 0.4) is 0 Å². The molecule has 1 aromatic rings. The summed E-state index contributed by atoms with van der Waals surface area (Å²) in [5.74, 6) is 1.17. The van der Waals surface area contributed by atoms with E-state index in [1.165, 1.54) is 22.3 Å². The molecule has 0 aliphatic heterocycles. The van der Waals surface area contributed by atoms with Gasteiger partial charge < -0.3 is 5.73 Å². The minimum Gasteiger partial charge on any atom is -0.330 e. The van der Waals surface area contributed by atoms with Gasteiger partial charge >= 0.3 is 0 Å². The maximum atomic E-state index is 5.45. The fraction of sp³-hybridized carbons (Fsp3) is 0.455. The van der Waals surface area contributed by atoms with Crippen LogP contribution < -0.4 is 11.2 Å². The van der Waals surface area contributed by atoms with Crippen molar-refractivity contribution >= 4 is 23.6 Å². The maximum Gasteiger partial charge on any atom is 0.224 e. The van der Waals surface area contributed by atoms with Crippen molar-refractivity contribution in [2.24, 2.45) is 5.73 Å². The van der Waals surface area contributed by atoms with Gasteiger partial charge in [-0.25, -0.2) is 11.6 Å². The summed E-state index contributed by atoms with van der Waals surface area (Å²) in [7, 11) is 0. The van der Waals surface area contributed by atoms with E-state index < -0.39 is 0 Å². The molecule has 1 rings (SSSR count). The standard InChI is InChI=1S/C11H18BNS/c1-9-4-5-10(2)11(8-9)12-14-7-3-6-13/h4-5,8,12H,3,6-7,13H2,1-2H3. The van der Waals surface area contributed by atoms with Crippen molar-refractivity contribution in [3.05, 3.63) is 29.3 Å². The molecule has 14 heavy (non-hydrogen) atoms. The summed E-state index contributed by atoms with van der Waals surface area (Å²) in [5, 5.41) is 0. The minimum atomic E-state index is 0.805. The Morgan fingerprint density at radius 3 is 2.86 bits per heavy atom. The second-order valence-electron chi connectivity index (χ2n) is 3.62. The molecule has 0 aromatic heterocycles. The Kier molecular flexibility index (Phi) is 5.12. The Morgan fingerprint density at radius 1 is 1.36 bits per heavy atom. The third-order valence-corrected chi connectivity index (χ3v) is 3.35. The van der Waals surface area contributed by atoms with Crippen molar-refractivity contribution in [1.29, 1.82) is 0 Å². The van der Waals surface area contributed by atoms with Gasteiger partial charge in [0.25, 0.3) is 0 Å². The number of hydrogen-bond donors (Lipinski definition) is 1. The third kappa shape index (κ3) is 3.76. The molecule has 0 bridgehead atoms. The number of nitrogens with two attached hydrogens (primary N) is 1. The zero-order valence-corrected chi connectivity index (χ0v) is 9.86. The number of benzene rings is 1. The lowest BCUT2D eigenvalue weighted by Crippen LogP contribution is -2.16. The summed E-state index contributed by atoms with van der Waals surface area (Å²) in [6.07, 6.45) is 1.12. The predicted octanol–water partition coefficient (Wildman–Crippen LogP) is 1.36. The highest BCUT2D eigenvalue weighted by molar-refractivity contribution is 8.23. The Morgan fingerprint density at radius 2 is 2.14 bits per heavy atom. The second-order valence-corrected chi connectivity index (χ2v) is 4.73. The quantitative estimate of drug-likeness (QED) is 0.582. The van der Waals surface area contributed by atoms with Crippen LogP contribution in [0.2, 0.25) is 0 Å².